The first-order chi connectivity index (χ1) is 9.70. The Kier molecular flexibility index (Phi) is 3.30. The van der Waals surface area contributed by atoms with Crippen LogP contribution in [0.1, 0.15) is 9.75 Å². The molecule has 0 bridgehead atoms. The summed E-state index contributed by atoms with van der Waals surface area (Å²) < 4.78 is 1.68. The first-order valence-electron chi connectivity index (χ1n) is 6.00. The highest BCUT2D eigenvalue weighted by molar-refractivity contribution is 7.11. The number of aryl methyl sites for hydroxylation is 1. The Bertz CT molecular complexity index is 704. The Morgan fingerprint density at radius 2 is 2.20 bits per heavy atom. The zero-order chi connectivity index (χ0) is 13.9. The standard InChI is InChI=1S/C12H13N7S/c1-8-2-3-9(20-8)6-15-11-16-10(13)17-12(18-11)19-5-4-14-7-19/h2-5,7H,6H2,1H3,(H3,13,15,16,17,18). The first-order valence-corrected chi connectivity index (χ1v) is 6.81. The summed E-state index contributed by atoms with van der Waals surface area (Å²) in [6.45, 7) is 2.73. The number of hydrogen-bond donors (Lipinski definition) is 2. The number of aromatic nitrogens is 5. The average Bonchev–Trinajstić information content (AvgIpc) is 3.07. The van der Waals surface area contributed by atoms with Crippen molar-refractivity contribution in [2.24, 2.45) is 0 Å². The molecule has 0 saturated carbocycles. The highest BCUT2D eigenvalue weighted by atomic mass is 32.1. The van der Waals surface area contributed by atoms with Gasteiger partial charge in [0.15, 0.2) is 0 Å². The van der Waals surface area contributed by atoms with E-state index in [4.69, 9.17) is 5.73 Å². The second kappa shape index (κ2) is 5.25. The van der Waals surface area contributed by atoms with Crippen molar-refractivity contribution in [2.45, 2.75) is 13.5 Å². The summed E-state index contributed by atoms with van der Waals surface area (Å²) in [6.07, 6.45) is 5.02. The van der Waals surface area contributed by atoms with Crippen molar-refractivity contribution in [3.8, 4) is 5.95 Å². The van der Waals surface area contributed by atoms with E-state index in [-0.39, 0.29) is 5.95 Å². The Morgan fingerprint density at radius 1 is 1.30 bits per heavy atom. The topological polar surface area (TPSA) is 94.5 Å². The minimum atomic E-state index is 0.175. The molecule has 102 valence electrons. The molecule has 0 aliphatic rings. The molecule has 3 N–H and O–H groups in total. The molecule has 0 radical (unpaired) electrons. The molecule has 0 aliphatic carbocycles. The summed E-state index contributed by atoms with van der Waals surface area (Å²) in [5.41, 5.74) is 5.71. The van der Waals surface area contributed by atoms with Gasteiger partial charge in [-0.15, -0.1) is 11.3 Å². The second-order valence-electron chi connectivity index (χ2n) is 4.15. The third kappa shape index (κ3) is 2.75. The summed E-state index contributed by atoms with van der Waals surface area (Å²) in [7, 11) is 0. The normalized spacial score (nSPS) is 10.7. The molecular formula is C12H13N7S. The number of nitrogens with zero attached hydrogens (tertiary/aromatic N) is 5. The van der Waals surface area contributed by atoms with Crippen LogP contribution in [0.4, 0.5) is 11.9 Å². The highest BCUT2D eigenvalue weighted by Gasteiger charge is 2.06. The van der Waals surface area contributed by atoms with Crippen LogP contribution in [0.5, 0.6) is 0 Å². The summed E-state index contributed by atoms with van der Waals surface area (Å²) >= 11 is 1.73. The zero-order valence-corrected chi connectivity index (χ0v) is 11.6. The third-order valence-electron chi connectivity index (χ3n) is 2.59. The number of rotatable bonds is 4. The maximum absolute atomic E-state index is 5.71. The molecule has 0 fully saturated rings. The SMILES string of the molecule is Cc1ccc(CNc2nc(N)nc(-n3ccnc3)n2)s1. The number of nitrogens with two attached hydrogens (primary N) is 1. The maximum atomic E-state index is 5.71. The molecule has 3 heterocycles. The summed E-state index contributed by atoms with van der Waals surface area (Å²) in [5.74, 6) is 1.07. The van der Waals surface area contributed by atoms with E-state index >= 15 is 0 Å². The van der Waals surface area contributed by atoms with Crippen LogP contribution in [0, 0.1) is 6.92 Å². The number of imidazole rings is 1. The van der Waals surface area contributed by atoms with Gasteiger partial charge in [0.25, 0.3) is 0 Å². The van der Waals surface area contributed by atoms with E-state index in [0.717, 1.165) is 0 Å². The molecule has 0 atom stereocenters. The molecule has 8 heteroatoms. The molecule has 0 saturated heterocycles. The van der Waals surface area contributed by atoms with Gasteiger partial charge >= 0.3 is 0 Å². The molecule has 0 aliphatic heterocycles. The Balaban J connectivity index is 1.79. The minimum Gasteiger partial charge on any atom is -0.368 e. The lowest BCUT2D eigenvalue weighted by molar-refractivity contribution is 0.897. The molecule has 0 aromatic carbocycles. The van der Waals surface area contributed by atoms with Gasteiger partial charge in [0.2, 0.25) is 17.8 Å². The van der Waals surface area contributed by atoms with Gasteiger partial charge in [-0.25, -0.2) is 4.98 Å². The van der Waals surface area contributed by atoms with Crippen LogP contribution >= 0.6 is 11.3 Å². The molecule has 3 aromatic rings. The monoisotopic (exact) mass is 287 g/mol. The van der Waals surface area contributed by atoms with Crippen molar-refractivity contribution in [1.82, 2.24) is 24.5 Å². The van der Waals surface area contributed by atoms with Crippen molar-refractivity contribution in [1.29, 1.82) is 0 Å². The van der Waals surface area contributed by atoms with Gasteiger partial charge in [-0.05, 0) is 19.1 Å². The fourth-order valence-corrected chi connectivity index (χ4v) is 2.53. The molecule has 20 heavy (non-hydrogen) atoms. The van der Waals surface area contributed by atoms with E-state index < -0.39 is 0 Å². The lowest BCUT2D eigenvalue weighted by Gasteiger charge is -2.06. The van der Waals surface area contributed by atoms with E-state index in [9.17, 15) is 0 Å². The fourth-order valence-electron chi connectivity index (χ4n) is 1.70. The molecule has 0 spiro atoms. The summed E-state index contributed by atoms with van der Waals surface area (Å²) in [6, 6.07) is 4.16. The van der Waals surface area contributed by atoms with E-state index in [1.54, 1.807) is 34.6 Å². The van der Waals surface area contributed by atoms with Crippen LogP contribution in [0.3, 0.4) is 0 Å². The molecule has 7 nitrogen and oxygen atoms in total. The van der Waals surface area contributed by atoms with Crippen LogP contribution in [-0.4, -0.2) is 24.5 Å². The van der Waals surface area contributed by atoms with E-state index in [0.29, 0.717) is 18.4 Å². The molecule has 3 aromatic heterocycles. The summed E-state index contributed by atoms with van der Waals surface area (Å²) in [5, 5.41) is 3.15. The smallest absolute Gasteiger partial charge is 0.241 e. The first kappa shape index (κ1) is 12.5. The van der Waals surface area contributed by atoms with E-state index in [1.165, 1.54) is 9.75 Å². The van der Waals surface area contributed by atoms with E-state index in [1.807, 2.05) is 0 Å². The second-order valence-corrected chi connectivity index (χ2v) is 5.53. The number of nitrogen functional groups attached to an aromatic ring is 1. The highest BCUT2D eigenvalue weighted by Crippen LogP contribution is 2.16. The van der Waals surface area contributed by atoms with Crippen LogP contribution < -0.4 is 11.1 Å². The van der Waals surface area contributed by atoms with Crippen molar-refractivity contribution in [3.05, 3.63) is 40.6 Å². The van der Waals surface area contributed by atoms with Gasteiger partial charge in [0.1, 0.15) is 6.33 Å². The lowest BCUT2D eigenvalue weighted by Crippen LogP contribution is -2.10. The largest absolute Gasteiger partial charge is 0.368 e. The van der Waals surface area contributed by atoms with Crippen LogP contribution in [-0.2, 0) is 6.54 Å². The van der Waals surface area contributed by atoms with Gasteiger partial charge < -0.3 is 11.1 Å². The van der Waals surface area contributed by atoms with Gasteiger partial charge in [0.05, 0.1) is 6.54 Å². The molecular weight excluding hydrogens is 274 g/mol. The predicted molar refractivity (Wildman–Crippen MR) is 77.7 cm³/mol. The Morgan fingerprint density at radius 3 is 2.90 bits per heavy atom. The van der Waals surface area contributed by atoms with Crippen molar-refractivity contribution in [2.75, 3.05) is 11.1 Å². The zero-order valence-electron chi connectivity index (χ0n) is 10.8. The van der Waals surface area contributed by atoms with E-state index in [2.05, 4.69) is 44.3 Å². The number of anilines is 2. The van der Waals surface area contributed by atoms with Crippen molar-refractivity contribution < 1.29 is 0 Å². The summed E-state index contributed by atoms with van der Waals surface area (Å²) in [4.78, 5) is 18.9. The Hall–Kier alpha value is -2.48. The minimum absolute atomic E-state index is 0.175. The quantitative estimate of drug-likeness (QED) is 0.757. The number of nitrogens with one attached hydrogen (secondary N) is 1. The maximum Gasteiger partial charge on any atom is 0.241 e. The van der Waals surface area contributed by atoms with Crippen molar-refractivity contribution in [3.63, 3.8) is 0 Å². The lowest BCUT2D eigenvalue weighted by atomic mass is 10.4. The molecule has 3 rings (SSSR count). The van der Waals surface area contributed by atoms with Gasteiger partial charge in [-0.1, -0.05) is 0 Å². The van der Waals surface area contributed by atoms with Gasteiger partial charge in [-0.2, -0.15) is 15.0 Å². The molecule has 0 amide bonds. The average molecular weight is 287 g/mol. The third-order valence-corrected chi connectivity index (χ3v) is 3.59. The van der Waals surface area contributed by atoms with Crippen LogP contribution in [0.25, 0.3) is 5.95 Å². The molecule has 0 unspecified atom stereocenters. The fraction of sp³-hybridized carbons (Fsp3) is 0.167. The van der Waals surface area contributed by atoms with Crippen LogP contribution in [0.15, 0.2) is 30.9 Å². The Labute approximate surface area is 119 Å². The van der Waals surface area contributed by atoms with Gasteiger partial charge in [0, 0.05) is 22.1 Å². The predicted octanol–water partition coefficient (Wildman–Crippen LogP) is 1.62. The number of thiophene rings is 1. The van der Waals surface area contributed by atoms with Crippen molar-refractivity contribution >= 4 is 23.2 Å². The van der Waals surface area contributed by atoms with Gasteiger partial charge in [-0.3, -0.25) is 4.57 Å². The number of hydrogen-bond acceptors (Lipinski definition) is 7. The van der Waals surface area contributed by atoms with Crippen LogP contribution in [0.2, 0.25) is 0 Å².